The molecule has 0 unspecified atom stereocenters. The van der Waals surface area contributed by atoms with Gasteiger partial charge in [-0.25, -0.2) is 4.98 Å². The molecular weight excluding hydrogens is 218 g/mol. The molecule has 3 nitrogen and oxygen atoms in total. The fourth-order valence-corrected chi connectivity index (χ4v) is 2.85. The van der Waals surface area contributed by atoms with Crippen LogP contribution in [0.25, 0.3) is 0 Å². The summed E-state index contributed by atoms with van der Waals surface area (Å²) in [5, 5.41) is 8.54. The van der Waals surface area contributed by atoms with Crippen molar-refractivity contribution in [2.24, 2.45) is 5.73 Å². The molecule has 0 bridgehead atoms. The van der Waals surface area contributed by atoms with Crippen LogP contribution in [0.15, 0.2) is 11.1 Å². The van der Waals surface area contributed by atoms with E-state index >= 15 is 0 Å². The number of pyridine rings is 1. The number of nitrogens with two attached hydrogens (primary N) is 1. The Morgan fingerprint density at radius 3 is 3.06 bits per heavy atom. The van der Waals surface area contributed by atoms with E-state index < -0.39 is 0 Å². The van der Waals surface area contributed by atoms with Crippen molar-refractivity contribution in [3.05, 3.63) is 22.9 Å². The van der Waals surface area contributed by atoms with E-state index in [1.54, 1.807) is 11.8 Å². The Kier molecular flexibility index (Phi) is 3.49. The van der Waals surface area contributed by atoms with Gasteiger partial charge >= 0.3 is 0 Å². The highest BCUT2D eigenvalue weighted by atomic mass is 32.2. The second kappa shape index (κ2) is 4.87. The largest absolute Gasteiger partial charge is 0.384 e. The van der Waals surface area contributed by atoms with Crippen LogP contribution in [-0.2, 0) is 12.8 Å². The topological polar surface area (TPSA) is 62.8 Å². The molecule has 0 spiro atoms. The van der Waals surface area contributed by atoms with Crippen molar-refractivity contribution >= 4 is 17.6 Å². The molecule has 0 saturated carbocycles. The number of hydrogen-bond donors (Lipinski definition) is 2. The normalized spacial score (nSPS) is 13.8. The average Bonchev–Trinajstić information content (AvgIpc) is 2.71. The van der Waals surface area contributed by atoms with Gasteiger partial charge in [0.25, 0.3) is 0 Å². The first-order valence-corrected chi connectivity index (χ1v) is 6.71. The van der Waals surface area contributed by atoms with Crippen molar-refractivity contribution in [3.63, 3.8) is 0 Å². The van der Waals surface area contributed by atoms with E-state index in [0.717, 1.165) is 35.6 Å². The molecule has 1 heterocycles. The van der Waals surface area contributed by atoms with Crippen LogP contribution in [0, 0.1) is 5.41 Å². The van der Waals surface area contributed by atoms with Gasteiger partial charge in [-0.1, -0.05) is 6.92 Å². The van der Waals surface area contributed by atoms with Gasteiger partial charge in [-0.2, -0.15) is 0 Å². The van der Waals surface area contributed by atoms with E-state index in [1.165, 1.54) is 17.7 Å². The highest BCUT2D eigenvalue weighted by Gasteiger charge is 2.17. The molecule has 0 amide bonds. The van der Waals surface area contributed by atoms with Crippen LogP contribution >= 0.6 is 11.8 Å². The lowest BCUT2D eigenvalue weighted by Crippen LogP contribution is -2.14. The maximum absolute atomic E-state index is 7.60. The second-order valence-corrected chi connectivity index (χ2v) is 5.15. The van der Waals surface area contributed by atoms with Crippen molar-refractivity contribution in [1.29, 1.82) is 5.41 Å². The van der Waals surface area contributed by atoms with Gasteiger partial charge in [0, 0.05) is 11.3 Å². The number of fused-ring (bicyclic) bond motifs is 1. The van der Waals surface area contributed by atoms with Crippen LogP contribution in [0.4, 0.5) is 0 Å². The first kappa shape index (κ1) is 11.5. The number of aryl methyl sites for hydroxylation is 2. The van der Waals surface area contributed by atoms with Gasteiger partial charge in [-0.05, 0) is 43.1 Å². The van der Waals surface area contributed by atoms with Crippen LogP contribution in [0.5, 0.6) is 0 Å². The van der Waals surface area contributed by atoms with Gasteiger partial charge < -0.3 is 5.73 Å². The van der Waals surface area contributed by atoms with Crippen molar-refractivity contribution in [2.75, 3.05) is 5.75 Å². The summed E-state index contributed by atoms with van der Waals surface area (Å²) in [5.74, 6) is 1.17. The number of nitrogen functional groups attached to an aromatic ring is 1. The monoisotopic (exact) mass is 235 g/mol. The Balaban J connectivity index is 2.36. The molecule has 0 aromatic carbocycles. The van der Waals surface area contributed by atoms with Crippen LogP contribution in [-0.4, -0.2) is 16.6 Å². The first-order valence-electron chi connectivity index (χ1n) is 5.72. The standard InChI is InChI=1S/C12H17N3S/c1-2-6-16-12-9(11(13)14)7-8-4-3-5-10(8)15-12/h7H,2-6H2,1H3,(H3,13,14). The average molecular weight is 235 g/mol. The molecule has 1 aliphatic carbocycles. The molecule has 0 radical (unpaired) electrons. The maximum Gasteiger partial charge on any atom is 0.125 e. The molecule has 0 atom stereocenters. The van der Waals surface area contributed by atoms with E-state index in [0.29, 0.717) is 0 Å². The lowest BCUT2D eigenvalue weighted by Gasteiger charge is -2.09. The molecule has 4 heteroatoms. The van der Waals surface area contributed by atoms with E-state index in [1.807, 2.05) is 0 Å². The van der Waals surface area contributed by atoms with E-state index in [2.05, 4.69) is 18.0 Å². The summed E-state index contributed by atoms with van der Waals surface area (Å²) >= 11 is 1.71. The molecule has 1 aromatic rings. The van der Waals surface area contributed by atoms with Gasteiger partial charge in [0.15, 0.2) is 0 Å². The van der Waals surface area contributed by atoms with Gasteiger partial charge in [0.1, 0.15) is 10.9 Å². The van der Waals surface area contributed by atoms with Gasteiger partial charge in [0.05, 0.1) is 0 Å². The van der Waals surface area contributed by atoms with E-state index in [-0.39, 0.29) is 5.84 Å². The lowest BCUT2D eigenvalue weighted by molar-refractivity contribution is 0.891. The smallest absolute Gasteiger partial charge is 0.125 e. The Morgan fingerprint density at radius 1 is 1.56 bits per heavy atom. The van der Waals surface area contributed by atoms with Crippen molar-refractivity contribution in [2.45, 2.75) is 37.6 Å². The summed E-state index contributed by atoms with van der Waals surface area (Å²) in [7, 11) is 0. The van der Waals surface area contributed by atoms with Crippen LogP contribution in [0.3, 0.4) is 0 Å². The van der Waals surface area contributed by atoms with Crippen LogP contribution in [0.2, 0.25) is 0 Å². The summed E-state index contributed by atoms with van der Waals surface area (Å²) < 4.78 is 0. The fourth-order valence-electron chi connectivity index (χ4n) is 1.95. The molecular formula is C12H17N3S. The molecule has 16 heavy (non-hydrogen) atoms. The van der Waals surface area contributed by atoms with Gasteiger partial charge in [0.2, 0.25) is 0 Å². The van der Waals surface area contributed by atoms with Crippen molar-refractivity contribution in [3.8, 4) is 0 Å². The predicted octanol–water partition coefficient (Wildman–Crippen LogP) is 2.36. The van der Waals surface area contributed by atoms with E-state index in [9.17, 15) is 0 Å². The Labute approximate surface area is 100 Å². The molecule has 0 saturated heterocycles. The third kappa shape index (κ3) is 2.21. The zero-order valence-corrected chi connectivity index (χ0v) is 10.4. The third-order valence-corrected chi connectivity index (χ3v) is 3.95. The van der Waals surface area contributed by atoms with Gasteiger partial charge in [-0.3, -0.25) is 5.41 Å². The minimum absolute atomic E-state index is 0.140. The second-order valence-electron chi connectivity index (χ2n) is 4.06. The van der Waals surface area contributed by atoms with Crippen LogP contribution < -0.4 is 5.73 Å². The SMILES string of the molecule is CCCSc1nc2c(cc1C(=N)N)CCC2. The molecule has 0 fully saturated rings. The summed E-state index contributed by atoms with van der Waals surface area (Å²) in [5.41, 5.74) is 8.92. The molecule has 0 aliphatic heterocycles. The number of nitrogens with one attached hydrogen (secondary N) is 1. The minimum atomic E-state index is 0.140. The van der Waals surface area contributed by atoms with Gasteiger partial charge in [-0.15, -0.1) is 11.8 Å². The minimum Gasteiger partial charge on any atom is -0.384 e. The van der Waals surface area contributed by atoms with E-state index in [4.69, 9.17) is 11.1 Å². The highest BCUT2D eigenvalue weighted by molar-refractivity contribution is 7.99. The summed E-state index contributed by atoms with van der Waals surface area (Å²) in [6.45, 7) is 2.15. The third-order valence-electron chi connectivity index (χ3n) is 2.75. The summed E-state index contributed by atoms with van der Waals surface area (Å²) in [6, 6.07) is 2.07. The Hall–Kier alpha value is -1.03. The number of aromatic nitrogens is 1. The zero-order chi connectivity index (χ0) is 11.5. The highest BCUT2D eigenvalue weighted by Crippen LogP contribution is 2.28. The number of thioether (sulfide) groups is 1. The number of hydrogen-bond acceptors (Lipinski definition) is 3. The molecule has 3 N–H and O–H groups in total. The zero-order valence-electron chi connectivity index (χ0n) is 9.55. The maximum atomic E-state index is 7.60. The molecule has 86 valence electrons. The Morgan fingerprint density at radius 2 is 2.38 bits per heavy atom. The Bertz CT molecular complexity index is 415. The molecule has 1 aliphatic rings. The number of amidine groups is 1. The summed E-state index contributed by atoms with van der Waals surface area (Å²) in [4.78, 5) is 4.65. The molecule has 1 aromatic heterocycles. The quantitative estimate of drug-likeness (QED) is 0.478. The van der Waals surface area contributed by atoms with Crippen LogP contribution in [0.1, 0.15) is 36.6 Å². The number of nitrogens with zero attached hydrogens (tertiary/aromatic N) is 1. The van der Waals surface area contributed by atoms with Crippen molar-refractivity contribution in [1.82, 2.24) is 4.98 Å². The lowest BCUT2D eigenvalue weighted by atomic mass is 10.1. The predicted molar refractivity (Wildman–Crippen MR) is 68.3 cm³/mol. The van der Waals surface area contributed by atoms with Crippen molar-refractivity contribution < 1.29 is 0 Å². The fraction of sp³-hybridized carbons (Fsp3) is 0.500. The molecule has 2 rings (SSSR count). The number of rotatable bonds is 4. The first-order chi connectivity index (χ1) is 7.72. The summed E-state index contributed by atoms with van der Waals surface area (Å²) in [6.07, 6.45) is 4.46.